The van der Waals surface area contributed by atoms with Crippen LogP contribution in [-0.2, 0) is 15.9 Å². The number of benzene rings is 2. The molecule has 2 heteroatoms. The first-order valence-electron chi connectivity index (χ1n) is 12.9. The molecule has 1 saturated heterocycles. The van der Waals surface area contributed by atoms with E-state index in [9.17, 15) is 0 Å². The van der Waals surface area contributed by atoms with E-state index in [0.29, 0.717) is 13.2 Å². The Balaban J connectivity index is 1.38. The molecule has 0 amide bonds. The smallest absolute Gasteiger partial charge is 0.177 e. The van der Waals surface area contributed by atoms with Crippen molar-refractivity contribution >= 4 is 6.08 Å². The van der Waals surface area contributed by atoms with Crippen LogP contribution in [0, 0.1) is 5.92 Å². The molecule has 2 aromatic carbocycles. The fraction of sp³-hybridized carbons (Fsp3) is 0.533. The van der Waals surface area contributed by atoms with E-state index in [1.807, 2.05) is 6.08 Å². The van der Waals surface area contributed by atoms with Crippen LogP contribution in [0.25, 0.3) is 17.2 Å². The minimum absolute atomic E-state index is 0.196. The lowest BCUT2D eigenvalue weighted by Gasteiger charge is -2.29. The predicted molar refractivity (Wildman–Crippen MR) is 135 cm³/mol. The first kappa shape index (κ1) is 23.3. The van der Waals surface area contributed by atoms with Crippen molar-refractivity contribution in [1.82, 2.24) is 0 Å². The highest BCUT2D eigenvalue weighted by Gasteiger charge is 2.22. The van der Waals surface area contributed by atoms with Crippen molar-refractivity contribution in [2.75, 3.05) is 13.2 Å². The van der Waals surface area contributed by atoms with Crippen molar-refractivity contribution in [2.24, 2.45) is 5.92 Å². The number of hydrogen-bond acceptors (Lipinski definition) is 2. The molecule has 0 aromatic heterocycles. The standard InChI is InChI=1S/C30H40O2/c1-3-5-6-7-23-8-12-26(13-9-23)27-14-16-28(17-15-27)29-18-10-24(22-25(29)4-2)11-19-30-31-20-21-32-30/h10-11,14-19,22-23,26,30H,3-9,12-13,20-21H2,1-2H3/b19-11+. The van der Waals surface area contributed by atoms with E-state index in [-0.39, 0.29) is 6.29 Å². The third kappa shape index (κ3) is 6.11. The molecule has 2 fully saturated rings. The number of rotatable bonds is 9. The van der Waals surface area contributed by atoms with Gasteiger partial charge in [-0.15, -0.1) is 0 Å². The van der Waals surface area contributed by atoms with Gasteiger partial charge in [-0.3, -0.25) is 0 Å². The normalized spacial score (nSPS) is 22.1. The highest BCUT2D eigenvalue weighted by Crippen LogP contribution is 2.38. The van der Waals surface area contributed by atoms with Gasteiger partial charge < -0.3 is 9.47 Å². The van der Waals surface area contributed by atoms with Gasteiger partial charge in [0.05, 0.1) is 13.2 Å². The van der Waals surface area contributed by atoms with Gasteiger partial charge in [0.25, 0.3) is 0 Å². The molecule has 0 radical (unpaired) electrons. The van der Waals surface area contributed by atoms with Crippen molar-refractivity contribution in [1.29, 1.82) is 0 Å². The van der Waals surface area contributed by atoms with Crippen molar-refractivity contribution in [3.63, 3.8) is 0 Å². The fourth-order valence-corrected chi connectivity index (χ4v) is 5.37. The monoisotopic (exact) mass is 432 g/mol. The summed E-state index contributed by atoms with van der Waals surface area (Å²) in [6, 6.07) is 16.2. The van der Waals surface area contributed by atoms with Gasteiger partial charge in [-0.1, -0.05) is 88.1 Å². The quantitative estimate of drug-likeness (QED) is 0.372. The average Bonchev–Trinajstić information content (AvgIpc) is 3.37. The molecule has 1 saturated carbocycles. The summed E-state index contributed by atoms with van der Waals surface area (Å²) < 4.78 is 11.0. The highest BCUT2D eigenvalue weighted by molar-refractivity contribution is 5.70. The van der Waals surface area contributed by atoms with Crippen LogP contribution in [0.2, 0.25) is 0 Å². The molecule has 0 atom stereocenters. The maximum absolute atomic E-state index is 5.50. The van der Waals surface area contributed by atoms with E-state index in [2.05, 4.69) is 62.4 Å². The second kappa shape index (κ2) is 11.8. The lowest BCUT2D eigenvalue weighted by Crippen LogP contribution is -2.13. The Morgan fingerprint density at radius 3 is 2.31 bits per heavy atom. The van der Waals surface area contributed by atoms with Crippen LogP contribution in [0.5, 0.6) is 0 Å². The molecule has 1 heterocycles. The molecule has 1 aliphatic carbocycles. The van der Waals surface area contributed by atoms with Crippen molar-refractivity contribution in [2.45, 2.75) is 83.8 Å². The summed E-state index contributed by atoms with van der Waals surface area (Å²) in [7, 11) is 0. The van der Waals surface area contributed by atoms with E-state index in [1.54, 1.807) is 0 Å². The van der Waals surface area contributed by atoms with Crippen LogP contribution in [0.4, 0.5) is 0 Å². The van der Waals surface area contributed by atoms with Gasteiger partial charge in [0, 0.05) is 0 Å². The van der Waals surface area contributed by atoms with Crippen LogP contribution in [0.15, 0.2) is 48.5 Å². The van der Waals surface area contributed by atoms with Gasteiger partial charge in [-0.2, -0.15) is 0 Å². The van der Waals surface area contributed by atoms with Crippen molar-refractivity contribution in [3.8, 4) is 11.1 Å². The zero-order chi connectivity index (χ0) is 22.2. The maximum Gasteiger partial charge on any atom is 0.177 e. The van der Waals surface area contributed by atoms with E-state index in [0.717, 1.165) is 18.3 Å². The number of hydrogen-bond donors (Lipinski definition) is 0. The molecule has 4 rings (SSSR count). The molecule has 0 spiro atoms. The Bertz CT molecular complexity index is 853. The largest absolute Gasteiger partial charge is 0.347 e. The van der Waals surface area contributed by atoms with Crippen molar-refractivity contribution < 1.29 is 9.47 Å². The Hall–Kier alpha value is -1.90. The third-order valence-corrected chi connectivity index (χ3v) is 7.36. The zero-order valence-electron chi connectivity index (χ0n) is 20.0. The Morgan fingerprint density at radius 1 is 0.875 bits per heavy atom. The predicted octanol–water partition coefficient (Wildman–Crippen LogP) is 8.16. The summed E-state index contributed by atoms with van der Waals surface area (Å²) in [4.78, 5) is 0. The Morgan fingerprint density at radius 2 is 1.62 bits per heavy atom. The number of unbranched alkanes of at least 4 members (excludes halogenated alkanes) is 2. The minimum Gasteiger partial charge on any atom is -0.347 e. The summed E-state index contributed by atoms with van der Waals surface area (Å²) in [5.41, 5.74) is 6.81. The molecule has 2 aliphatic rings. The molecule has 2 nitrogen and oxygen atoms in total. The van der Waals surface area contributed by atoms with E-state index >= 15 is 0 Å². The van der Waals surface area contributed by atoms with Crippen LogP contribution in [0.1, 0.15) is 87.8 Å². The molecule has 0 unspecified atom stereocenters. The zero-order valence-corrected chi connectivity index (χ0v) is 20.0. The average molecular weight is 433 g/mol. The summed E-state index contributed by atoms with van der Waals surface area (Å²) in [6.07, 6.45) is 16.1. The Labute approximate surface area is 195 Å². The molecular weight excluding hydrogens is 392 g/mol. The van der Waals surface area contributed by atoms with Gasteiger partial charge in [0.15, 0.2) is 6.29 Å². The van der Waals surface area contributed by atoms with E-state index < -0.39 is 0 Å². The summed E-state index contributed by atoms with van der Waals surface area (Å²) >= 11 is 0. The first-order valence-corrected chi connectivity index (χ1v) is 12.9. The molecule has 0 N–H and O–H groups in total. The van der Waals surface area contributed by atoms with Crippen LogP contribution in [0.3, 0.4) is 0 Å². The van der Waals surface area contributed by atoms with Gasteiger partial charge in [0.2, 0.25) is 0 Å². The molecular formula is C30H40O2. The first-order chi connectivity index (χ1) is 15.8. The lowest BCUT2D eigenvalue weighted by atomic mass is 9.77. The Kier molecular flexibility index (Phi) is 8.59. The van der Waals surface area contributed by atoms with Gasteiger partial charge in [-0.05, 0) is 77.8 Å². The summed E-state index contributed by atoms with van der Waals surface area (Å²) in [5.74, 6) is 1.73. The van der Waals surface area contributed by atoms with Crippen LogP contribution >= 0.6 is 0 Å². The third-order valence-electron chi connectivity index (χ3n) is 7.36. The van der Waals surface area contributed by atoms with Crippen LogP contribution in [-0.4, -0.2) is 19.5 Å². The number of ether oxygens (including phenoxy) is 2. The molecule has 1 aliphatic heterocycles. The van der Waals surface area contributed by atoms with E-state index in [4.69, 9.17) is 9.47 Å². The number of aryl methyl sites for hydroxylation is 1. The molecule has 2 aromatic rings. The summed E-state index contributed by atoms with van der Waals surface area (Å²) in [5, 5.41) is 0. The van der Waals surface area contributed by atoms with Gasteiger partial charge in [0.1, 0.15) is 0 Å². The van der Waals surface area contributed by atoms with Gasteiger partial charge in [-0.25, -0.2) is 0 Å². The molecule has 0 bridgehead atoms. The van der Waals surface area contributed by atoms with E-state index in [1.165, 1.54) is 79.2 Å². The highest BCUT2D eigenvalue weighted by atomic mass is 16.7. The van der Waals surface area contributed by atoms with Gasteiger partial charge >= 0.3 is 0 Å². The SMILES string of the molecule is CCCCCC1CCC(c2ccc(-c3ccc(/C=C/C4OCCO4)cc3CC)cc2)CC1. The minimum atomic E-state index is -0.196. The molecule has 32 heavy (non-hydrogen) atoms. The second-order valence-electron chi connectivity index (χ2n) is 9.57. The lowest BCUT2D eigenvalue weighted by molar-refractivity contribution is -0.000908. The summed E-state index contributed by atoms with van der Waals surface area (Å²) in [6.45, 7) is 5.91. The second-order valence-corrected chi connectivity index (χ2v) is 9.57. The van der Waals surface area contributed by atoms with Crippen molar-refractivity contribution in [3.05, 3.63) is 65.2 Å². The molecule has 172 valence electrons. The maximum atomic E-state index is 5.50. The topological polar surface area (TPSA) is 18.5 Å². The fourth-order valence-electron chi connectivity index (χ4n) is 5.37. The van der Waals surface area contributed by atoms with Crippen LogP contribution < -0.4 is 0 Å².